The first-order chi connectivity index (χ1) is 9.52. The normalized spacial score (nSPS) is 13.3. The molecule has 108 valence electrons. The van der Waals surface area contributed by atoms with Crippen molar-refractivity contribution in [1.29, 1.82) is 5.26 Å². The molecule has 0 radical (unpaired) electrons. The van der Waals surface area contributed by atoms with E-state index in [-0.39, 0.29) is 17.9 Å². The maximum absolute atomic E-state index is 11.9. The van der Waals surface area contributed by atoms with Crippen molar-refractivity contribution in [2.75, 3.05) is 0 Å². The van der Waals surface area contributed by atoms with Crippen LogP contribution in [0.3, 0.4) is 0 Å². The van der Waals surface area contributed by atoms with Crippen LogP contribution in [-0.2, 0) is 11.3 Å². The standard InChI is InChI=1S/C16H23N3O/c1-12(5-3-6-13(2)18)16(20)19-11-15-8-4-7-14(9-15)10-17/h4,7-9,12-13H,3,5-6,11,18H2,1-2H3,(H,19,20). The fourth-order valence-electron chi connectivity index (χ4n) is 1.99. The monoisotopic (exact) mass is 273 g/mol. The van der Waals surface area contributed by atoms with Crippen molar-refractivity contribution in [2.45, 2.75) is 45.7 Å². The Bertz CT molecular complexity index is 477. The average molecular weight is 273 g/mol. The zero-order chi connectivity index (χ0) is 15.0. The van der Waals surface area contributed by atoms with Crippen LogP contribution >= 0.6 is 0 Å². The van der Waals surface area contributed by atoms with Crippen molar-refractivity contribution in [3.63, 3.8) is 0 Å². The van der Waals surface area contributed by atoms with E-state index in [1.165, 1.54) is 0 Å². The lowest BCUT2D eigenvalue weighted by Gasteiger charge is -2.13. The summed E-state index contributed by atoms with van der Waals surface area (Å²) in [5, 5.41) is 11.7. The highest BCUT2D eigenvalue weighted by atomic mass is 16.1. The minimum atomic E-state index is -0.00657. The van der Waals surface area contributed by atoms with E-state index in [9.17, 15) is 4.79 Å². The minimum absolute atomic E-state index is 0.00657. The number of rotatable bonds is 7. The number of amides is 1. The molecule has 0 spiro atoms. The third-order valence-electron chi connectivity index (χ3n) is 3.27. The van der Waals surface area contributed by atoms with Crippen LogP contribution in [0.5, 0.6) is 0 Å². The van der Waals surface area contributed by atoms with Crippen LogP contribution < -0.4 is 11.1 Å². The lowest BCUT2D eigenvalue weighted by Crippen LogP contribution is -2.29. The molecule has 3 N–H and O–H groups in total. The molecule has 4 nitrogen and oxygen atoms in total. The number of nitrogens with one attached hydrogen (secondary N) is 1. The lowest BCUT2D eigenvalue weighted by atomic mass is 10.0. The molecule has 1 aromatic rings. The second-order valence-corrected chi connectivity index (χ2v) is 5.34. The van der Waals surface area contributed by atoms with Crippen LogP contribution in [0.4, 0.5) is 0 Å². The van der Waals surface area contributed by atoms with E-state index in [2.05, 4.69) is 11.4 Å². The maximum atomic E-state index is 11.9. The molecule has 20 heavy (non-hydrogen) atoms. The molecule has 2 unspecified atom stereocenters. The van der Waals surface area contributed by atoms with Gasteiger partial charge < -0.3 is 11.1 Å². The zero-order valence-electron chi connectivity index (χ0n) is 12.2. The fraction of sp³-hybridized carbons (Fsp3) is 0.500. The Kier molecular flexibility index (Phi) is 6.75. The van der Waals surface area contributed by atoms with Crippen LogP contribution in [0.1, 0.15) is 44.2 Å². The molecule has 0 saturated heterocycles. The van der Waals surface area contributed by atoms with E-state index in [0.717, 1.165) is 24.8 Å². The molecule has 1 amide bonds. The van der Waals surface area contributed by atoms with Gasteiger partial charge in [-0.15, -0.1) is 0 Å². The highest BCUT2D eigenvalue weighted by Crippen LogP contribution is 2.10. The largest absolute Gasteiger partial charge is 0.352 e. The number of carbonyl (C=O) groups is 1. The third kappa shape index (κ3) is 5.85. The van der Waals surface area contributed by atoms with Gasteiger partial charge in [-0.3, -0.25) is 4.79 Å². The number of hydrogen-bond donors (Lipinski definition) is 2. The Labute approximate surface area is 121 Å². The topological polar surface area (TPSA) is 78.9 Å². The van der Waals surface area contributed by atoms with Gasteiger partial charge in [0, 0.05) is 18.5 Å². The Hall–Kier alpha value is -1.86. The van der Waals surface area contributed by atoms with Crippen LogP contribution in [0.25, 0.3) is 0 Å². The number of nitrogens with zero attached hydrogens (tertiary/aromatic N) is 1. The summed E-state index contributed by atoms with van der Waals surface area (Å²) < 4.78 is 0. The summed E-state index contributed by atoms with van der Waals surface area (Å²) in [6, 6.07) is 9.56. The van der Waals surface area contributed by atoms with E-state index in [0.29, 0.717) is 12.1 Å². The Balaban J connectivity index is 2.36. The molecule has 0 heterocycles. The second-order valence-electron chi connectivity index (χ2n) is 5.34. The molecular weight excluding hydrogens is 250 g/mol. The van der Waals surface area contributed by atoms with E-state index in [4.69, 9.17) is 11.0 Å². The van der Waals surface area contributed by atoms with E-state index < -0.39 is 0 Å². The van der Waals surface area contributed by atoms with Crippen molar-refractivity contribution in [3.8, 4) is 6.07 Å². The molecule has 4 heteroatoms. The van der Waals surface area contributed by atoms with Gasteiger partial charge in [0.1, 0.15) is 0 Å². The summed E-state index contributed by atoms with van der Waals surface area (Å²) in [6.07, 6.45) is 2.77. The van der Waals surface area contributed by atoms with Crippen molar-refractivity contribution >= 4 is 5.91 Å². The van der Waals surface area contributed by atoms with Gasteiger partial charge in [0.25, 0.3) is 0 Å². The molecular formula is C16H23N3O. The van der Waals surface area contributed by atoms with Gasteiger partial charge >= 0.3 is 0 Å². The first-order valence-corrected chi connectivity index (χ1v) is 7.05. The summed E-state index contributed by atoms with van der Waals surface area (Å²) in [6.45, 7) is 4.38. The molecule has 0 saturated carbocycles. The number of nitriles is 1. The number of carbonyl (C=O) groups excluding carboxylic acids is 1. The molecule has 1 rings (SSSR count). The fourth-order valence-corrected chi connectivity index (χ4v) is 1.99. The second kappa shape index (κ2) is 8.34. The van der Waals surface area contributed by atoms with Crippen molar-refractivity contribution in [3.05, 3.63) is 35.4 Å². The number of nitrogens with two attached hydrogens (primary N) is 1. The first-order valence-electron chi connectivity index (χ1n) is 7.05. The summed E-state index contributed by atoms with van der Waals surface area (Å²) >= 11 is 0. The number of hydrogen-bond acceptors (Lipinski definition) is 3. The van der Waals surface area contributed by atoms with Crippen LogP contribution in [-0.4, -0.2) is 11.9 Å². The van der Waals surface area contributed by atoms with Crippen molar-refractivity contribution in [1.82, 2.24) is 5.32 Å². The molecule has 2 atom stereocenters. The highest BCUT2D eigenvalue weighted by Gasteiger charge is 2.12. The third-order valence-corrected chi connectivity index (χ3v) is 3.27. The highest BCUT2D eigenvalue weighted by molar-refractivity contribution is 5.78. The van der Waals surface area contributed by atoms with Gasteiger partial charge in [0.15, 0.2) is 0 Å². The van der Waals surface area contributed by atoms with Crippen molar-refractivity contribution in [2.24, 2.45) is 11.7 Å². The summed E-state index contributed by atoms with van der Waals surface area (Å²) in [4.78, 5) is 11.9. The molecule has 0 aliphatic heterocycles. The van der Waals surface area contributed by atoms with Gasteiger partial charge in [-0.25, -0.2) is 0 Å². The summed E-state index contributed by atoms with van der Waals surface area (Å²) in [7, 11) is 0. The summed E-state index contributed by atoms with van der Waals surface area (Å²) in [5.74, 6) is 0.0462. The smallest absolute Gasteiger partial charge is 0.223 e. The molecule has 0 fully saturated rings. The van der Waals surface area contributed by atoms with Gasteiger partial charge in [0.05, 0.1) is 11.6 Å². The van der Waals surface area contributed by atoms with Crippen LogP contribution in [0.15, 0.2) is 24.3 Å². The van der Waals surface area contributed by atoms with E-state index in [1.54, 1.807) is 12.1 Å². The lowest BCUT2D eigenvalue weighted by molar-refractivity contribution is -0.124. The summed E-state index contributed by atoms with van der Waals surface area (Å²) in [5.41, 5.74) is 7.25. The van der Waals surface area contributed by atoms with Gasteiger partial charge in [0.2, 0.25) is 5.91 Å². The predicted molar refractivity (Wildman–Crippen MR) is 79.7 cm³/mol. The van der Waals surface area contributed by atoms with E-state index >= 15 is 0 Å². The van der Waals surface area contributed by atoms with Gasteiger partial charge in [-0.05, 0) is 37.5 Å². The van der Waals surface area contributed by atoms with Crippen LogP contribution in [0.2, 0.25) is 0 Å². The zero-order valence-corrected chi connectivity index (χ0v) is 12.2. The maximum Gasteiger partial charge on any atom is 0.223 e. The predicted octanol–water partition coefficient (Wildman–Crippen LogP) is 2.33. The first kappa shape index (κ1) is 16.2. The Morgan fingerprint density at radius 3 is 2.80 bits per heavy atom. The van der Waals surface area contributed by atoms with Gasteiger partial charge in [-0.2, -0.15) is 5.26 Å². The molecule has 0 bridgehead atoms. The van der Waals surface area contributed by atoms with Crippen LogP contribution in [0, 0.1) is 17.2 Å². The minimum Gasteiger partial charge on any atom is -0.352 e. The number of benzene rings is 1. The van der Waals surface area contributed by atoms with Gasteiger partial charge in [-0.1, -0.05) is 25.5 Å². The molecule has 0 aromatic heterocycles. The molecule has 0 aliphatic rings. The molecule has 0 aliphatic carbocycles. The van der Waals surface area contributed by atoms with E-state index in [1.807, 2.05) is 26.0 Å². The average Bonchev–Trinajstić information content (AvgIpc) is 2.44. The van der Waals surface area contributed by atoms with Crippen molar-refractivity contribution < 1.29 is 4.79 Å². The SMILES string of the molecule is CC(N)CCCC(C)C(=O)NCc1cccc(C#N)c1. The quantitative estimate of drug-likeness (QED) is 0.800. The Morgan fingerprint density at radius 2 is 2.15 bits per heavy atom. The molecule has 1 aromatic carbocycles. The Morgan fingerprint density at radius 1 is 1.40 bits per heavy atom.